The first-order valence-corrected chi connectivity index (χ1v) is 11.6. The molecule has 2 aromatic heterocycles. The Balaban J connectivity index is 1.83. The summed E-state index contributed by atoms with van der Waals surface area (Å²) in [4.78, 5) is 32.1. The van der Waals surface area contributed by atoms with E-state index < -0.39 is 0 Å². The third-order valence-corrected chi connectivity index (χ3v) is 6.93. The summed E-state index contributed by atoms with van der Waals surface area (Å²) in [5.41, 5.74) is 4.47. The van der Waals surface area contributed by atoms with Crippen LogP contribution in [0.1, 0.15) is 27.1 Å². The highest BCUT2D eigenvalue weighted by molar-refractivity contribution is 6.39. The molecule has 8 heteroatoms. The van der Waals surface area contributed by atoms with Crippen LogP contribution in [-0.2, 0) is 6.54 Å². The number of rotatable bonds is 6. The van der Waals surface area contributed by atoms with E-state index in [9.17, 15) is 9.59 Å². The van der Waals surface area contributed by atoms with Crippen molar-refractivity contribution in [2.45, 2.75) is 13.0 Å². The van der Waals surface area contributed by atoms with E-state index in [1.807, 2.05) is 36.4 Å². The van der Waals surface area contributed by atoms with Crippen LogP contribution in [0.5, 0.6) is 11.5 Å². The molecule has 2 amide bonds. The molecule has 3 aromatic carbocycles. The van der Waals surface area contributed by atoms with Crippen molar-refractivity contribution < 1.29 is 19.1 Å². The van der Waals surface area contributed by atoms with Gasteiger partial charge in [-0.2, -0.15) is 0 Å². The van der Waals surface area contributed by atoms with Crippen LogP contribution in [0.2, 0.25) is 0 Å². The molecule has 0 aliphatic carbocycles. The van der Waals surface area contributed by atoms with E-state index in [0.717, 1.165) is 63.1 Å². The molecule has 178 valence electrons. The molecule has 5 aromatic rings. The second-order valence-electron chi connectivity index (χ2n) is 9.23. The molecular formula is C27H26N4O4. The molecule has 0 radical (unpaired) electrons. The summed E-state index contributed by atoms with van der Waals surface area (Å²) in [6.45, 7) is 1.68. The Morgan fingerprint density at radius 3 is 2.23 bits per heavy atom. The minimum absolute atomic E-state index is 0.371. The average molecular weight is 471 g/mol. The molecule has 35 heavy (non-hydrogen) atoms. The van der Waals surface area contributed by atoms with Crippen molar-refractivity contribution >= 4 is 55.4 Å². The summed E-state index contributed by atoms with van der Waals surface area (Å²) in [7, 11) is 7.36. The third kappa shape index (κ3) is 3.03. The molecule has 1 aliphatic heterocycles. The second-order valence-corrected chi connectivity index (χ2v) is 9.23. The van der Waals surface area contributed by atoms with Crippen LogP contribution in [0.3, 0.4) is 0 Å². The number of nitrogens with zero attached hydrogens (tertiary/aromatic N) is 2. The largest absolute Gasteiger partial charge is 0.497 e. The number of fused-ring (bicyclic) bond motifs is 10. The predicted molar refractivity (Wildman–Crippen MR) is 137 cm³/mol. The fourth-order valence-corrected chi connectivity index (χ4v) is 5.42. The number of nitrogens with one attached hydrogen (secondary N) is 2. The minimum atomic E-state index is -0.378. The number of aromatic nitrogens is 2. The van der Waals surface area contributed by atoms with Gasteiger partial charge < -0.3 is 23.9 Å². The average Bonchev–Trinajstić information content (AvgIpc) is 3.47. The van der Waals surface area contributed by atoms with Crippen molar-refractivity contribution in [3.05, 3.63) is 47.5 Å². The lowest BCUT2D eigenvalue weighted by molar-refractivity contribution is 0.0880. The van der Waals surface area contributed by atoms with Crippen LogP contribution < -0.4 is 14.8 Å². The van der Waals surface area contributed by atoms with Crippen molar-refractivity contribution in [1.29, 1.82) is 0 Å². The minimum Gasteiger partial charge on any atom is -0.497 e. The molecule has 0 atom stereocenters. The second kappa shape index (κ2) is 7.74. The monoisotopic (exact) mass is 470 g/mol. The summed E-state index contributed by atoms with van der Waals surface area (Å²) < 4.78 is 13.2. The Morgan fingerprint density at radius 1 is 0.886 bits per heavy atom. The first kappa shape index (κ1) is 21.5. The van der Waals surface area contributed by atoms with Gasteiger partial charge in [-0.25, -0.2) is 0 Å². The molecule has 0 fully saturated rings. The zero-order chi connectivity index (χ0) is 24.4. The fraction of sp³-hybridized carbons (Fsp3) is 0.259. The number of hydrogen-bond donors (Lipinski definition) is 2. The van der Waals surface area contributed by atoms with Gasteiger partial charge in [0.15, 0.2) is 0 Å². The first-order valence-electron chi connectivity index (χ1n) is 11.6. The van der Waals surface area contributed by atoms with E-state index >= 15 is 0 Å². The molecular weight excluding hydrogens is 444 g/mol. The summed E-state index contributed by atoms with van der Waals surface area (Å²) in [6.07, 6.45) is 0.926. The van der Waals surface area contributed by atoms with Crippen LogP contribution in [0.4, 0.5) is 0 Å². The highest BCUT2D eigenvalue weighted by Gasteiger charge is 2.35. The smallest absolute Gasteiger partial charge is 0.259 e. The van der Waals surface area contributed by atoms with Crippen molar-refractivity contribution in [2.24, 2.45) is 0 Å². The number of amides is 2. The maximum Gasteiger partial charge on any atom is 0.259 e. The van der Waals surface area contributed by atoms with Gasteiger partial charge in [0.1, 0.15) is 11.5 Å². The molecule has 0 bridgehead atoms. The number of aromatic amines is 1. The van der Waals surface area contributed by atoms with Crippen LogP contribution in [-0.4, -0.2) is 61.1 Å². The Kier molecular flexibility index (Phi) is 4.76. The topological polar surface area (TPSA) is 88.6 Å². The number of methoxy groups -OCH3 is 2. The summed E-state index contributed by atoms with van der Waals surface area (Å²) in [5, 5.41) is 5.80. The molecule has 3 heterocycles. The van der Waals surface area contributed by atoms with Gasteiger partial charge in [0.2, 0.25) is 0 Å². The lowest BCUT2D eigenvalue weighted by Crippen LogP contribution is -2.20. The van der Waals surface area contributed by atoms with Crippen LogP contribution >= 0.6 is 0 Å². The maximum atomic E-state index is 13.2. The Morgan fingerprint density at radius 2 is 1.54 bits per heavy atom. The number of aryl methyl sites for hydroxylation is 1. The van der Waals surface area contributed by atoms with Gasteiger partial charge in [-0.15, -0.1) is 0 Å². The van der Waals surface area contributed by atoms with Crippen molar-refractivity contribution in [3.63, 3.8) is 0 Å². The van der Waals surface area contributed by atoms with Crippen LogP contribution in [0, 0.1) is 0 Å². The van der Waals surface area contributed by atoms with Crippen molar-refractivity contribution in [2.75, 3.05) is 34.9 Å². The van der Waals surface area contributed by atoms with E-state index in [4.69, 9.17) is 9.47 Å². The molecule has 0 spiro atoms. The number of carbonyl (C=O) groups is 2. The van der Waals surface area contributed by atoms with Gasteiger partial charge >= 0.3 is 0 Å². The molecule has 0 unspecified atom stereocenters. The summed E-state index contributed by atoms with van der Waals surface area (Å²) in [6, 6.07) is 11.7. The molecule has 6 rings (SSSR count). The van der Waals surface area contributed by atoms with E-state index in [1.165, 1.54) is 0 Å². The van der Waals surface area contributed by atoms with Crippen molar-refractivity contribution in [1.82, 2.24) is 19.8 Å². The SMILES string of the molecule is COc1ccc2[nH]c3c(c4c(c5c6cc(OC)ccc6n(CCCN(C)C)c35)C(=O)NC4=O)c2c1. The number of ether oxygens (including phenoxy) is 2. The number of hydrogen-bond acceptors (Lipinski definition) is 5. The number of H-pyrrole nitrogens is 1. The quantitative estimate of drug-likeness (QED) is 0.362. The van der Waals surface area contributed by atoms with E-state index in [0.29, 0.717) is 22.6 Å². The van der Waals surface area contributed by atoms with E-state index in [2.05, 4.69) is 33.9 Å². The lowest BCUT2D eigenvalue weighted by Gasteiger charge is -2.12. The third-order valence-electron chi connectivity index (χ3n) is 6.93. The zero-order valence-electron chi connectivity index (χ0n) is 20.1. The number of benzene rings is 3. The summed E-state index contributed by atoms with van der Waals surface area (Å²) >= 11 is 0. The van der Waals surface area contributed by atoms with Gasteiger partial charge in [-0.3, -0.25) is 14.9 Å². The van der Waals surface area contributed by atoms with Crippen LogP contribution in [0.15, 0.2) is 36.4 Å². The predicted octanol–water partition coefficient (Wildman–Crippen LogP) is 4.28. The van der Waals surface area contributed by atoms with E-state index in [-0.39, 0.29) is 11.8 Å². The molecule has 1 aliphatic rings. The molecule has 0 saturated heterocycles. The summed E-state index contributed by atoms with van der Waals surface area (Å²) in [5.74, 6) is 0.638. The van der Waals surface area contributed by atoms with Gasteiger partial charge in [-0.1, -0.05) is 0 Å². The zero-order valence-corrected chi connectivity index (χ0v) is 20.1. The fourth-order valence-electron chi connectivity index (χ4n) is 5.42. The highest BCUT2D eigenvalue weighted by atomic mass is 16.5. The van der Waals surface area contributed by atoms with Crippen LogP contribution in [0.25, 0.3) is 43.6 Å². The lowest BCUT2D eigenvalue weighted by atomic mass is 9.96. The standard InChI is InChI=1S/C27H26N4O4/c1-30(2)10-5-11-31-19-9-7-15(35-4)13-17(19)21-23-22(26(32)29-27(23)33)20-16-12-14(34-3)6-8-18(16)28-24(20)25(21)31/h6-9,12-13,28H,5,10-11H2,1-4H3,(H,29,32,33). The van der Waals surface area contributed by atoms with Gasteiger partial charge in [-0.05, 0) is 63.5 Å². The van der Waals surface area contributed by atoms with Gasteiger partial charge in [0.05, 0.1) is 36.4 Å². The number of imide groups is 1. The Hall–Kier alpha value is -4.04. The molecule has 8 nitrogen and oxygen atoms in total. The molecule has 0 saturated carbocycles. The Labute approximate surface area is 201 Å². The Bertz CT molecular complexity index is 1690. The van der Waals surface area contributed by atoms with Gasteiger partial charge in [0.25, 0.3) is 11.8 Å². The number of carbonyl (C=O) groups excluding carboxylic acids is 2. The van der Waals surface area contributed by atoms with E-state index in [1.54, 1.807) is 14.2 Å². The van der Waals surface area contributed by atoms with Crippen molar-refractivity contribution in [3.8, 4) is 11.5 Å². The first-order chi connectivity index (χ1) is 16.9. The highest BCUT2D eigenvalue weighted by Crippen LogP contribution is 2.44. The maximum absolute atomic E-state index is 13.2. The van der Waals surface area contributed by atoms with Gasteiger partial charge in [0, 0.05) is 39.1 Å². The molecule has 2 N–H and O–H groups in total. The normalized spacial score (nSPS) is 13.5.